The van der Waals surface area contributed by atoms with Gasteiger partial charge in [-0.25, -0.2) is 8.78 Å². The number of aromatic nitrogens is 2. The van der Waals surface area contributed by atoms with E-state index in [-0.39, 0.29) is 28.4 Å². The molecule has 2 fully saturated rings. The summed E-state index contributed by atoms with van der Waals surface area (Å²) in [6.45, 7) is 1.39. The average Bonchev–Trinajstić information content (AvgIpc) is 3.13. The number of amides is 2. The van der Waals surface area contributed by atoms with Gasteiger partial charge in [-0.1, -0.05) is 17.8 Å². The summed E-state index contributed by atoms with van der Waals surface area (Å²) in [6.07, 6.45) is 4.73. The van der Waals surface area contributed by atoms with Gasteiger partial charge in [0.2, 0.25) is 10.9 Å². The number of benzene rings is 1. The molecule has 9 heteroatoms. The summed E-state index contributed by atoms with van der Waals surface area (Å²) in [7, 11) is 0. The molecule has 0 bridgehead atoms. The Labute approximate surface area is 165 Å². The average molecular weight is 406 g/mol. The molecule has 1 aliphatic heterocycles. The predicted octanol–water partition coefficient (Wildman–Crippen LogP) is 3.57. The molecule has 0 radical (unpaired) electrons. The van der Waals surface area contributed by atoms with E-state index in [1.807, 2.05) is 4.90 Å². The number of nitrogens with zero attached hydrogens (tertiary/aromatic N) is 3. The summed E-state index contributed by atoms with van der Waals surface area (Å²) in [5.74, 6) is -1.50. The van der Waals surface area contributed by atoms with E-state index in [1.54, 1.807) is 0 Å². The Morgan fingerprint density at radius 1 is 1.11 bits per heavy atom. The van der Waals surface area contributed by atoms with Crippen molar-refractivity contribution in [2.75, 3.05) is 18.4 Å². The number of carbonyl (C=O) groups is 2. The van der Waals surface area contributed by atoms with Crippen LogP contribution >= 0.6 is 11.3 Å². The Balaban J connectivity index is 1.35. The van der Waals surface area contributed by atoms with E-state index >= 15 is 0 Å². The first-order valence-electron chi connectivity index (χ1n) is 9.40. The standard InChI is InChI=1S/C19H20F2N4O2S/c20-13-4-5-15(14(21)10-13)22-16(26)18-24-23-17(28-18)11-6-8-25(9-7-11)19(27)12-2-1-3-12/h4-5,10-12H,1-3,6-9H2,(H,22,26). The Morgan fingerprint density at radius 2 is 1.86 bits per heavy atom. The highest BCUT2D eigenvalue weighted by Crippen LogP contribution is 2.33. The molecule has 0 spiro atoms. The molecule has 28 heavy (non-hydrogen) atoms. The fourth-order valence-corrected chi connectivity index (χ4v) is 4.43. The van der Waals surface area contributed by atoms with E-state index < -0.39 is 17.5 Å². The largest absolute Gasteiger partial charge is 0.342 e. The molecule has 148 valence electrons. The van der Waals surface area contributed by atoms with Crippen LogP contribution in [0.4, 0.5) is 14.5 Å². The molecule has 2 aliphatic rings. The van der Waals surface area contributed by atoms with Gasteiger partial charge in [0, 0.05) is 31.0 Å². The number of likely N-dealkylation sites (tertiary alicyclic amines) is 1. The highest BCUT2D eigenvalue weighted by Gasteiger charge is 2.33. The first-order valence-corrected chi connectivity index (χ1v) is 10.2. The van der Waals surface area contributed by atoms with E-state index in [9.17, 15) is 18.4 Å². The van der Waals surface area contributed by atoms with Crippen LogP contribution in [0.3, 0.4) is 0 Å². The van der Waals surface area contributed by atoms with E-state index in [0.29, 0.717) is 19.2 Å². The molecule has 2 amide bonds. The van der Waals surface area contributed by atoms with E-state index in [4.69, 9.17) is 0 Å². The molecule has 1 aliphatic carbocycles. The SMILES string of the molecule is O=C(Nc1ccc(F)cc1F)c1nnc(C2CCN(C(=O)C3CCC3)CC2)s1. The van der Waals surface area contributed by atoms with E-state index in [0.717, 1.165) is 43.2 Å². The van der Waals surface area contributed by atoms with Gasteiger partial charge in [0.15, 0.2) is 0 Å². The summed E-state index contributed by atoms with van der Waals surface area (Å²) in [5.41, 5.74) is -0.106. The van der Waals surface area contributed by atoms with Gasteiger partial charge >= 0.3 is 0 Å². The van der Waals surface area contributed by atoms with Crippen LogP contribution in [-0.4, -0.2) is 40.0 Å². The smallest absolute Gasteiger partial charge is 0.286 e. The monoisotopic (exact) mass is 406 g/mol. The van der Waals surface area contributed by atoms with Crippen molar-refractivity contribution in [2.45, 2.75) is 38.0 Å². The van der Waals surface area contributed by atoms with Crippen LogP contribution in [0.15, 0.2) is 18.2 Å². The summed E-state index contributed by atoms with van der Waals surface area (Å²) in [4.78, 5) is 26.6. The van der Waals surface area contributed by atoms with Crippen LogP contribution in [0.2, 0.25) is 0 Å². The molecular formula is C19H20F2N4O2S. The minimum Gasteiger partial charge on any atom is -0.342 e. The van der Waals surface area contributed by atoms with Crippen LogP contribution in [0.5, 0.6) is 0 Å². The number of hydrogen-bond donors (Lipinski definition) is 1. The van der Waals surface area contributed by atoms with Crippen molar-refractivity contribution in [3.05, 3.63) is 39.8 Å². The van der Waals surface area contributed by atoms with Gasteiger partial charge in [0.1, 0.15) is 16.6 Å². The molecule has 1 aromatic carbocycles. The minimum atomic E-state index is -0.846. The molecule has 6 nitrogen and oxygen atoms in total. The molecular weight excluding hydrogens is 386 g/mol. The maximum atomic E-state index is 13.7. The second-order valence-electron chi connectivity index (χ2n) is 7.25. The lowest BCUT2D eigenvalue weighted by atomic mass is 9.83. The van der Waals surface area contributed by atoms with Crippen LogP contribution in [0.25, 0.3) is 0 Å². The highest BCUT2D eigenvalue weighted by atomic mass is 32.1. The van der Waals surface area contributed by atoms with Crippen molar-refractivity contribution >= 4 is 28.8 Å². The summed E-state index contributed by atoms with van der Waals surface area (Å²) < 4.78 is 26.7. The van der Waals surface area contributed by atoms with Gasteiger partial charge in [0.05, 0.1) is 5.69 Å². The van der Waals surface area contributed by atoms with Gasteiger partial charge in [-0.2, -0.15) is 0 Å². The number of hydrogen-bond acceptors (Lipinski definition) is 5. The molecule has 1 N–H and O–H groups in total. The number of carbonyl (C=O) groups excluding carboxylic acids is 2. The summed E-state index contributed by atoms with van der Waals surface area (Å²) in [5, 5.41) is 11.3. The second kappa shape index (κ2) is 7.90. The zero-order valence-electron chi connectivity index (χ0n) is 15.2. The van der Waals surface area contributed by atoms with Gasteiger partial charge in [-0.3, -0.25) is 9.59 Å². The number of nitrogens with one attached hydrogen (secondary N) is 1. The van der Waals surface area contributed by atoms with Gasteiger partial charge in [-0.15, -0.1) is 10.2 Å². The van der Waals surface area contributed by atoms with Crippen LogP contribution < -0.4 is 5.32 Å². The first kappa shape index (κ1) is 18.9. The normalized spacial score (nSPS) is 18.0. The molecule has 0 atom stereocenters. The molecule has 1 saturated heterocycles. The predicted molar refractivity (Wildman–Crippen MR) is 100 cm³/mol. The second-order valence-corrected chi connectivity index (χ2v) is 8.26. The third-order valence-corrected chi connectivity index (χ3v) is 6.51. The Bertz CT molecular complexity index is 892. The van der Waals surface area contributed by atoms with Crippen LogP contribution in [-0.2, 0) is 4.79 Å². The van der Waals surface area contributed by atoms with Crippen molar-refractivity contribution in [3.8, 4) is 0 Å². The number of piperidine rings is 1. The van der Waals surface area contributed by atoms with Crippen molar-refractivity contribution in [1.82, 2.24) is 15.1 Å². The summed E-state index contributed by atoms with van der Waals surface area (Å²) >= 11 is 1.17. The van der Waals surface area contributed by atoms with Crippen molar-refractivity contribution in [1.29, 1.82) is 0 Å². The van der Waals surface area contributed by atoms with Gasteiger partial charge in [-0.05, 0) is 37.8 Å². The topological polar surface area (TPSA) is 75.2 Å². The molecule has 0 unspecified atom stereocenters. The Hall–Kier alpha value is -2.42. The van der Waals surface area contributed by atoms with E-state index in [2.05, 4.69) is 15.5 Å². The molecule has 4 rings (SSSR count). The Morgan fingerprint density at radius 3 is 2.50 bits per heavy atom. The zero-order valence-corrected chi connectivity index (χ0v) is 16.0. The lowest BCUT2D eigenvalue weighted by Crippen LogP contribution is -2.43. The Kier molecular flexibility index (Phi) is 5.34. The third kappa shape index (κ3) is 3.89. The highest BCUT2D eigenvalue weighted by molar-refractivity contribution is 7.13. The number of anilines is 1. The van der Waals surface area contributed by atoms with Crippen LogP contribution in [0.1, 0.15) is 52.8 Å². The lowest BCUT2D eigenvalue weighted by Gasteiger charge is -2.36. The lowest BCUT2D eigenvalue weighted by molar-refractivity contribution is -0.139. The number of halogens is 2. The third-order valence-electron chi connectivity index (χ3n) is 5.42. The molecule has 2 heterocycles. The van der Waals surface area contributed by atoms with Gasteiger partial charge < -0.3 is 10.2 Å². The maximum absolute atomic E-state index is 13.7. The fourth-order valence-electron chi connectivity index (χ4n) is 3.52. The molecule has 2 aromatic rings. The first-order chi connectivity index (χ1) is 13.5. The number of rotatable bonds is 4. The van der Waals surface area contributed by atoms with E-state index in [1.165, 1.54) is 17.4 Å². The van der Waals surface area contributed by atoms with Crippen molar-refractivity contribution in [3.63, 3.8) is 0 Å². The van der Waals surface area contributed by atoms with Crippen molar-refractivity contribution < 1.29 is 18.4 Å². The van der Waals surface area contributed by atoms with Crippen LogP contribution in [0, 0.1) is 17.6 Å². The fraction of sp³-hybridized carbons (Fsp3) is 0.474. The van der Waals surface area contributed by atoms with Gasteiger partial charge in [0.25, 0.3) is 5.91 Å². The molecule has 1 saturated carbocycles. The zero-order chi connectivity index (χ0) is 19.7. The molecule has 1 aromatic heterocycles. The maximum Gasteiger partial charge on any atom is 0.286 e. The minimum absolute atomic E-state index is 0.106. The quantitative estimate of drug-likeness (QED) is 0.842. The summed E-state index contributed by atoms with van der Waals surface area (Å²) in [6, 6.07) is 2.95. The van der Waals surface area contributed by atoms with Crippen molar-refractivity contribution in [2.24, 2.45) is 5.92 Å².